The lowest BCUT2D eigenvalue weighted by Gasteiger charge is -2.11. The lowest BCUT2D eigenvalue weighted by molar-refractivity contribution is -0.111. The van der Waals surface area contributed by atoms with Gasteiger partial charge in [0, 0.05) is 24.4 Å². The maximum atomic E-state index is 13.9. The molecular weight excluding hydrogens is 518 g/mol. The van der Waals surface area contributed by atoms with Gasteiger partial charge in [0.25, 0.3) is 0 Å². The Labute approximate surface area is 236 Å². The maximum absolute atomic E-state index is 13.9. The van der Waals surface area contributed by atoms with Gasteiger partial charge >= 0.3 is 5.69 Å². The Morgan fingerprint density at radius 3 is 2.51 bits per heavy atom. The number of carbonyl (C=O) groups is 1. The quantitative estimate of drug-likeness (QED) is 0.260. The fourth-order valence-electron chi connectivity index (χ4n) is 4.70. The minimum absolute atomic E-state index is 0.168. The SMILES string of the molecule is CN(CC=CC(=O)Nc1cccc(-n2c(=O)n(-c3ccc(Oc4ccccc4)cc3)c3c(N)ncnc32)c1)C1CC1. The fourth-order valence-corrected chi connectivity index (χ4v) is 4.70. The smallest absolute Gasteiger partial charge is 0.339 e. The summed E-state index contributed by atoms with van der Waals surface area (Å²) in [5, 5.41) is 2.88. The molecule has 0 aliphatic heterocycles. The predicted octanol–water partition coefficient (Wildman–Crippen LogP) is 4.53. The number of carbonyl (C=O) groups excluding carboxylic acids is 1. The molecule has 0 spiro atoms. The van der Waals surface area contributed by atoms with Crippen LogP contribution in [0.4, 0.5) is 11.5 Å². The topological polar surface area (TPSA) is 120 Å². The van der Waals surface area contributed by atoms with Crippen molar-refractivity contribution in [1.82, 2.24) is 24.0 Å². The molecule has 3 N–H and O–H groups in total. The molecule has 5 aromatic rings. The zero-order valence-corrected chi connectivity index (χ0v) is 22.5. The van der Waals surface area contributed by atoms with Crippen LogP contribution in [0.15, 0.2) is 102 Å². The number of nitrogens with one attached hydrogen (secondary N) is 1. The van der Waals surface area contributed by atoms with Crippen molar-refractivity contribution < 1.29 is 9.53 Å². The molecule has 2 heterocycles. The van der Waals surface area contributed by atoms with Gasteiger partial charge in [-0.15, -0.1) is 0 Å². The Morgan fingerprint density at radius 2 is 1.76 bits per heavy atom. The Bertz CT molecular complexity index is 1790. The lowest BCUT2D eigenvalue weighted by Crippen LogP contribution is -2.22. The zero-order chi connectivity index (χ0) is 28.3. The van der Waals surface area contributed by atoms with Crippen molar-refractivity contribution >= 4 is 28.6 Å². The van der Waals surface area contributed by atoms with Crippen LogP contribution in [0.5, 0.6) is 11.5 Å². The highest BCUT2D eigenvalue weighted by Gasteiger charge is 2.25. The molecule has 6 rings (SSSR count). The van der Waals surface area contributed by atoms with Gasteiger partial charge in [-0.1, -0.05) is 30.3 Å². The third-order valence-corrected chi connectivity index (χ3v) is 6.93. The molecule has 0 atom stereocenters. The summed E-state index contributed by atoms with van der Waals surface area (Å²) in [5.74, 6) is 1.25. The van der Waals surface area contributed by atoms with Crippen LogP contribution in [0.2, 0.25) is 0 Å². The molecule has 1 fully saturated rings. The number of imidazole rings is 1. The first kappa shape index (κ1) is 26.0. The summed E-state index contributed by atoms with van der Waals surface area (Å²) in [6, 6.07) is 24.2. The predicted molar refractivity (Wildman–Crippen MR) is 159 cm³/mol. The van der Waals surface area contributed by atoms with Gasteiger partial charge < -0.3 is 15.8 Å². The van der Waals surface area contributed by atoms with Crippen molar-refractivity contribution in [1.29, 1.82) is 0 Å². The summed E-state index contributed by atoms with van der Waals surface area (Å²) in [5.41, 5.74) is 8.25. The summed E-state index contributed by atoms with van der Waals surface area (Å²) in [4.78, 5) is 37.2. The summed E-state index contributed by atoms with van der Waals surface area (Å²) >= 11 is 0. The highest BCUT2D eigenvalue weighted by Crippen LogP contribution is 2.27. The van der Waals surface area contributed by atoms with E-state index in [-0.39, 0.29) is 17.4 Å². The number of aromatic nitrogens is 4. The van der Waals surface area contributed by atoms with E-state index < -0.39 is 0 Å². The van der Waals surface area contributed by atoms with E-state index in [0.717, 1.165) is 0 Å². The van der Waals surface area contributed by atoms with Crippen LogP contribution < -0.4 is 21.5 Å². The molecule has 0 bridgehead atoms. The van der Waals surface area contributed by atoms with Crippen molar-refractivity contribution in [3.8, 4) is 22.9 Å². The van der Waals surface area contributed by atoms with E-state index in [9.17, 15) is 9.59 Å². The highest BCUT2D eigenvalue weighted by atomic mass is 16.5. The molecule has 0 radical (unpaired) electrons. The third-order valence-electron chi connectivity index (χ3n) is 6.93. The van der Waals surface area contributed by atoms with Crippen molar-refractivity contribution in [2.45, 2.75) is 18.9 Å². The Hall–Kier alpha value is -5.22. The highest BCUT2D eigenvalue weighted by molar-refractivity contribution is 5.99. The first-order valence-electron chi connectivity index (χ1n) is 13.3. The second kappa shape index (κ2) is 11.1. The molecule has 3 aromatic carbocycles. The molecule has 1 saturated carbocycles. The molecule has 10 nitrogen and oxygen atoms in total. The standard InChI is InChI=1S/C31H29N7O3/c1-36(22-12-13-22)18-6-11-27(39)35-21-7-5-8-24(19-21)38-30-28(29(32)33-20-34-30)37(31(38)40)23-14-16-26(17-15-23)41-25-9-3-2-4-10-25/h2-11,14-17,19-20,22H,12-13,18H2,1H3,(H,35,39)(H2,32,33,34). The van der Waals surface area contributed by atoms with E-state index in [1.54, 1.807) is 48.5 Å². The normalized spacial score (nSPS) is 13.2. The Kier molecular flexibility index (Phi) is 7.05. The average molecular weight is 548 g/mol. The van der Waals surface area contributed by atoms with Gasteiger partial charge in [0.05, 0.1) is 11.4 Å². The largest absolute Gasteiger partial charge is 0.457 e. The molecule has 0 unspecified atom stereocenters. The molecule has 206 valence electrons. The number of nitrogens with zero attached hydrogens (tertiary/aromatic N) is 5. The number of likely N-dealkylation sites (N-methyl/N-ethyl adjacent to an activating group) is 1. The van der Waals surface area contributed by atoms with Crippen molar-refractivity contribution in [3.63, 3.8) is 0 Å². The number of benzene rings is 3. The molecule has 1 amide bonds. The van der Waals surface area contributed by atoms with E-state index in [4.69, 9.17) is 10.5 Å². The second-order valence-electron chi connectivity index (χ2n) is 9.91. The van der Waals surface area contributed by atoms with Crippen LogP contribution >= 0.6 is 0 Å². The fraction of sp³-hybridized carbons (Fsp3) is 0.161. The Morgan fingerprint density at radius 1 is 1.00 bits per heavy atom. The number of nitrogen functional groups attached to an aromatic ring is 1. The van der Waals surface area contributed by atoms with Crippen LogP contribution in [0, 0.1) is 0 Å². The number of hydrogen-bond donors (Lipinski definition) is 2. The van der Waals surface area contributed by atoms with Gasteiger partial charge in [-0.05, 0) is 74.5 Å². The van der Waals surface area contributed by atoms with Crippen molar-refractivity contribution in [2.75, 3.05) is 24.6 Å². The molecule has 10 heteroatoms. The molecular formula is C31H29N7O3. The first-order valence-corrected chi connectivity index (χ1v) is 13.3. The summed E-state index contributed by atoms with van der Waals surface area (Å²) in [6.07, 6.45) is 7.13. The Balaban J connectivity index is 1.30. The van der Waals surface area contributed by atoms with Gasteiger partial charge in [-0.3, -0.25) is 14.3 Å². The number of hydrogen-bond acceptors (Lipinski definition) is 7. The van der Waals surface area contributed by atoms with Crippen LogP contribution in [0.3, 0.4) is 0 Å². The second-order valence-corrected chi connectivity index (χ2v) is 9.91. The maximum Gasteiger partial charge on any atom is 0.339 e. The number of nitrogens with two attached hydrogens (primary N) is 1. The third kappa shape index (κ3) is 5.59. The van der Waals surface area contributed by atoms with E-state index in [0.29, 0.717) is 52.3 Å². The zero-order valence-electron chi connectivity index (χ0n) is 22.5. The summed E-state index contributed by atoms with van der Waals surface area (Å²) in [7, 11) is 2.06. The number of rotatable bonds is 9. The van der Waals surface area contributed by atoms with Crippen LogP contribution in [-0.4, -0.2) is 49.5 Å². The van der Waals surface area contributed by atoms with E-state index in [1.165, 1.54) is 34.4 Å². The number of para-hydroxylation sites is 1. The van der Waals surface area contributed by atoms with Gasteiger partial charge in [-0.25, -0.2) is 19.3 Å². The molecule has 1 aliphatic rings. The molecule has 1 aliphatic carbocycles. The van der Waals surface area contributed by atoms with Crippen LogP contribution in [0.25, 0.3) is 22.5 Å². The van der Waals surface area contributed by atoms with Crippen molar-refractivity contribution in [3.05, 3.63) is 108 Å². The average Bonchev–Trinajstić information content (AvgIpc) is 3.78. The first-order chi connectivity index (χ1) is 20.0. The monoisotopic (exact) mass is 547 g/mol. The molecule has 2 aromatic heterocycles. The van der Waals surface area contributed by atoms with Crippen LogP contribution in [0.1, 0.15) is 12.8 Å². The van der Waals surface area contributed by atoms with E-state index in [1.807, 2.05) is 36.4 Å². The van der Waals surface area contributed by atoms with Crippen LogP contribution in [-0.2, 0) is 4.79 Å². The minimum atomic E-state index is -0.379. The van der Waals surface area contributed by atoms with Crippen molar-refractivity contribution in [2.24, 2.45) is 0 Å². The van der Waals surface area contributed by atoms with Gasteiger partial charge in [0.2, 0.25) is 5.91 Å². The number of amides is 1. The number of ether oxygens (including phenoxy) is 1. The van der Waals surface area contributed by atoms with Gasteiger partial charge in [0.1, 0.15) is 23.3 Å². The molecule has 41 heavy (non-hydrogen) atoms. The van der Waals surface area contributed by atoms with E-state index >= 15 is 0 Å². The van der Waals surface area contributed by atoms with E-state index in [2.05, 4.69) is 27.2 Å². The van der Waals surface area contributed by atoms with Gasteiger partial charge in [0.15, 0.2) is 11.5 Å². The van der Waals surface area contributed by atoms with Gasteiger partial charge in [-0.2, -0.15) is 0 Å². The number of anilines is 2. The minimum Gasteiger partial charge on any atom is -0.457 e. The lowest BCUT2D eigenvalue weighted by atomic mass is 10.2. The molecule has 0 saturated heterocycles. The number of fused-ring (bicyclic) bond motifs is 1. The summed E-state index contributed by atoms with van der Waals surface area (Å²) in [6.45, 7) is 0.716. The summed E-state index contributed by atoms with van der Waals surface area (Å²) < 4.78 is 8.83.